The lowest BCUT2D eigenvalue weighted by Crippen LogP contribution is -2.44. The van der Waals surface area contributed by atoms with Crippen molar-refractivity contribution < 1.29 is 23.0 Å². The fourth-order valence-corrected chi connectivity index (χ4v) is 2.24. The van der Waals surface area contributed by atoms with Gasteiger partial charge in [-0.2, -0.15) is 4.39 Å². The number of benzene rings is 1. The van der Waals surface area contributed by atoms with Crippen LogP contribution in [0.5, 0.6) is 5.75 Å². The van der Waals surface area contributed by atoms with Crippen LogP contribution in [0.15, 0.2) is 16.6 Å². The molecule has 0 aromatic heterocycles. The molecule has 2 rings (SSSR count). The quantitative estimate of drug-likeness (QED) is 0.801. The lowest BCUT2D eigenvalue weighted by Gasteiger charge is -2.23. The first kappa shape index (κ1) is 17.0. The van der Waals surface area contributed by atoms with Gasteiger partial charge >= 0.3 is 6.09 Å². The zero-order valence-corrected chi connectivity index (χ0v) is 14.2. The Balaban J connectivity index is 1.95. The fourth-order valence-electron chi connectivity index (χ4n) is 1.83. The van der Waals surface area contributed by atoms with Crippen molar-refractivity contribution >= 4 is 22.0 Å². The molecule has 122 valence electrons. The highest BCUT2D eigenvalue weighted by Gasteiger charge is 2.46. The van der Waals surface area contributed by atoms with Crippen LogP contribution in [0.2, 0.25) is 0 Å². The highest BCUT2D eigenvalue weighted by Crippen LogP contribution is 2.37. The molecule has 4 nitrogen and oxygen atoms in total. The van der Waals surface area contributed by atoms with Crippen molar-refractivity contribution in [3.05, 3.63) is 28.2 Å². The fraction of sp³-hybridized carbons (Fsp3) is 0.533. The number of nitrogens with one attached hydrogen (secondary N) is 1. The normalized spacial score (nSPS) is 16.1. The van der Waals surface area contributed by atoms with E-state index in [2.05, 4.69) is 21.2 Å². The van der Waals surface area contributed by atoms with E-state index in [1.807, 2.05) is 0 Å². The van der Waals surface area contributed by atoms with E-state index in [1.165, 1.54) is 6.07 Å². The first-order valence-corrected chi connectivity index (χ1v) is 7.68. The number of amides is 1. The summed E-state index contributed by atoms with van der Waals surface area (Å²) in [6, 6.07) is 2.37. The van der Waals surface area contributed by atoms with Gasteiger partial charge in [0.15, 0.2) is 11.6 Å². The van der Waals surface area contributed by atoms with Crippen LogP contribution in [0.25, 0.3) is 0 Å². The van der Waals surface area contributed by atoms with Crippen LogP contribution in [0.1, 0.15) is 33.6 Å². The number of halogens is 3. The molecule has 1 saturated carbocycles. The molecule has 0 bridgehead atoms. The van der Waals surface area contributed by atoms with Gasteiger partial charge < -0.3 is 14.8 Å². The summed E-state index contributed by atoms with van der Waals surface area (Å²) in [6.07, 6.45) is 0.851. The van der Waals surface area contributed by atoms with E-state index in [4.69, 9.17) is 9.47 Å². The van der Waals surface area contributed by atoms with Gasteiger partial charge in [0.05, 0.1) is 5.54 Å². The summed E-state index contributed by atoms with van der Waals surface area (Å²) in [6.45, 7) is 5.35. The van der Waals surface area contributed by atoms with Gasteiger partial charge in [0.25, 0.3) is 0 Å². The summed E-state index contributed by atoms with van der Waals surface area (Å²) in [5.74, 6) is -2.23. The van der Waals surface area contributed by atoms with E-state index in [0.29, 0.717) is 17.3 Å². The molecule has 1 N–H and O–H groups in total. The van der Waals surface area contributed by atoms with E-state index >= 15 is 0 Å². The minimum atomic E-state index is -1.05. The van der Waals surface area contributed by atoms with Crippen LogP contribution >= 0.6 is 15.9 Å². The first-order valence-electron chi connectivity index (χ1n) is 6.89. The average molecular weight is 378 g/mol. The van der Waals surface area contributed by atoms with Gasteiger partial charge in [-0.3, -0.25) is 0 Å². The third-order valence-corrected chi connectivity index (χ3v) is 3.54. The Morgan fingerprint density at radius 1 is 1.36 bits per heavy atom. The van der Waals surface area contributed by atoms with Crippen molar-refractivity contribution in [2.45, 2.75) is 44.8 Å². The lowest BCUT2D eigenvalue weighted by atomic mass is 10.2. The highest BCUT2D eigenvalue weighted by molar-refractivity contribution is 9.10. The third kappa shape index (κ3) is 4.56. The predicted octanol–water partition coefficient (Wildman–Crippen LogP) is 4.16. The number of hydrogen-bond donors (Lipinski definition) is 1. The first-order chi connectivity index (χ1) is 10.1. The van der Waals surface area contributed by atoms with Crippen molar-refractivity contribution in [3.8, 4) is 5.75 Å². The van der Waals surface area contributed by atoms with E-state index in [-0.39, 0.29) is 12.4 Å². The Morgan fingerprint density at radius 3 is 2.55 bits per heavy atom. The summed E-state index contributed by atoms with van der Waals surface area (Å²) in [7, 11) is 0. The molecule has 7 heteroatoms. The van der Waals surface area contributed by atoms with Crippen LogP contribution in [0.4, 0.5) is 13.6 Å². The molecular weight excluding hydrogens is 360 g/mol. The lowest BCUT2D eigenvalue weighted by molar-refractivity contribution is 0.0476. The Labute approximate surface area is 136 Å². The molecule has 1 aromatic rings. The molecule has 1 aliphatic rings. The zero-order valence-electron chi connectivity index (χ0n) is 12.6. The Hall–Kier alpha value is -1.37. The number of hydrogen-bond acceptors (Lipinski definition) is 3. The topological polar surface area (TPSA) is 47.6 Å². The van der Waals surface area contributed by atoms with Crippen LogP contribution in [-0.4, -0.2) is 23.8 Å². The number of alkyl carbamates (subject to hydrolysis) is 1. The predicted molar refractivity (Wildman–Crippen MR) is 80.9 cm³/mol. The Morgan fingerprint density at radius 2 is 2.00 bits per heavy atom. The highest BCUT2D eigenvalue weighted by atomic mass is 79.9. The summed E-state index contributed by atoms with van der Waals surface area (Å²) in [4.78, 5) is 11.8. The summed E-state index contributed by atoms with van der Waals surface area (Å²) < 4.78 is 37.8. The summed E-state index contributed by atoms with van der Waals surface area (Å²) in [5, 5.41) is 2.73. The van der Waals surface area contributed by atoms with Gasteiger partial charge in [0, 0.05) is 4.47 Å². The van der Waals surface area contributed by atoms with Crippen molar-refractivity contribution in [2.75, 3.05) is 6.61 Å². The van der Waals surface area contributed by atoms with Gasteiger partial charge in [0.1, 0.15) is 12.2 Å². The summed E-state index contributed by atoms with van der Waals surface area (Å²) in [5.41, 5.74) is -1.17. The molecule has 0 atom stereocenters. The molecule has 0 saturated heterocycles. The number of rotatable bonds is 4. The van der Waals surface area contributed by atoms with Crippen molar-refractivity contribution in [1.82, 2.24) is 5.32 Å². The van der Waals surface area contributed by atoms with Crippen LogP contribution in [0, 0.1) is 11.6 Å². The van der Waals surface area contributed by atoms with Crippen molar-refractivity contribution in [1.29, 1.82) is 0 Å². The minimum absolute atomic E-state index is 0.0546. The number of ether oxygens (including phenoxy) is 2. The molecule has 1 amide bonds. The van der Waals surface area contributed by atoms with E-state index in [9.17, 15) is 13.6 Å². The standard InChI is InChI=1S/C15H18BrF2NO3/c1-14(2,3)22-13(20)19-15(4-5-15)8-21-11-7-9(16)6-10(17)12(11)18/h6-7H,4-5,8H2,1-3H3,(H,19,20). The van der Waals surface area contributed by atoms with Gasteiger partial charge in [-0.25, -0.2) is 9.18 Å². The van der Waals surface area contributed by atoms with Gasteiger partial charge in [-0.05, 0) is 45.7 Å². The molecule has 0 unspecified atom stereocenters. The molecule has 0 heterocycles. The zero-order chi connectivity index (χ0) is 16.5. The second kappa shape index (κ2) is 6.02. The maximum Gasteiger partial charge on any atom is 0.408 e. The van der Waals surface area contributed by atoms with Gasteiger partial charge in [-0.15, -0.1) is 0 Å². The van der Waals surface area contributed by atoms with Crippen LogP contribution in [-0.2, 0) is 4.74 Å². The van der Waals surface area contributed by atoms with E-state index in [0.717, 1.165) is 6.07 Å². The van der Waals surface area contributed by atoms with Crippen LogP contribution in [0.3, 0.4) is 0 Å². The molecule has 0 radical (unpaired) electrons. The number of carbonyl (C=O) groups is 1. The maximum absolute atomic E-state index is 13.6. The third-order valence-electron chi connectivity index (χ3n) is 3.08. The van der Waals surface area contributed by atoms with E-state index < -0.39 is 28.9 Å². The Kier molecular flexibility index (Phi) is 4.65. The SMILES string of the molecule is CC(C)(C)OC(=O)NC1(COc2cc(Br)cc(F)c2F)CC1. The van der Waals surface area contributed by atoms with Crippen LogP contribution < -0.4 is 10.1 Å². The van der Waals surface area contributed by atoms with Crippen molar-refractivity contribution in [2.24, 2.45) is 0 Å². The summed E-state index contributed by atoms with van der Waals surface area (Å²) >= 11 is 3.08. The van der Waals surface area contributed by atoms with Gasteiger partial charge in [0.2, 0.25) is 5.82 Å². The minimum Gasteiger partial charge on any atom is -0.488 e. The molecule has 1 aromatic carbocycles. The molecule has 22 heavy (non-hydrogen) atoms. The van der Waals surface area contributed by atoms with E-state index in [1.54, 1.807) is 20.8 Å². The second-order valence-electron chi connectivity index (χ2n) is 6.40. The smallest absolute Gasteiger partial charge is 0.408 e. The second-order valence-corrected chi connectivity index (χ2v) is 7.31. The molecule has 1 aliphatic carbocycles. The number of carbonyl (C=O) groups excluding carboxylic acids is 1. The molecule has 1 fully saturated rings. The molecule has 0 aliphatic heterocycles. The van der Waals surface area contributed by atoms with Crippen molar-refractivity contribution in [3.63, 3.8) is 0 Å². The monoisotopic (exact) mass is 377 g/mol. The van der Waals surface area contributed by atoms with Gasteiger partial charge in [-0.1, -0.05) is 15.9 Å². The molecule has 0 spiro atoms. The largest absolute Gasteiger partial charge is 0.488 e. The average Bonchev–Trinajstić information content (AvgIpc) is 3.09. The molecular formula is C15H18BrF2NO3. The maximum atomic E-state index is 13.6. The Bertz CT molecular complexity index is 583.